The predicted molar refractivity (Wildman–Crippen MR) is 169 cm³/mol. The SMILES string of the molecule is C=C(CC(C)(C)C=O)O[C@H]1CC[C@]2(C)[C@H]3CC[C@]4(N)[C@H]5[C@H](C(=C)C)CC[C@]5(C(=O)O)CC[C@@]4(C)[C@]3(C)CC[C@H]2C1(C)C. The normalized spacial score (nSPS) is 47.7. The van der Waals surface area contributed by atoms with Crippen LogP contribution in [0.4, 0.5) is 0 Å². The largest absolute Gasteiger partial charge is 0.495 e. The Bertz CT molecular complexity index is 1170. The standard InChI is InChI=1S/C37H59NO4/c1-23(2)25-11-17-36(30(40)41)20-19-35(10)34(9)16-12-26-32(6,7)28(42-24(3)21-31(4,5)22-39)14-15-33(26,8)27(34)13-18-37(35,38)29(25)36/h22,25-29H,1,3,11-21,38H2,2,4-10H3,(H,40,41)/t25-,26-,27+,28-,29-,33-,34+,35-,36-,37-/m0/s1. The summed E-state index contributed by atoms with van der Waals surface area (Å²) >= 11 is 0. The number of aliphatic carboxylic acids is 1. The molecule has 3 N–H and O–H groups in total. The summed E-state index contributed by atoms with van der Waals surface area (Å²) in [6.45, 7) is 26.9. The number of aldehydes is 1. The number of carbonyl (C=O) groups excluding carboxylic acids is 1. The van der Waals surface area contributed by atoms with Gasteiger partial charge in [-0.25, -0.2) is 0 Å². The van der Waals surface area contributed by atoms with Gasteiger partial charge in [-0.2, -0.15) is 0 Å². The molecule has 5 aliphatic carbocycles. The van der Waals surface area contributed by atoms with Gasteiger partial charge in [0.2, 0.25) is 0 Å². The third-order valence-corrected chi connectivity index (χ3v) is 15.0. The van der Waals surface area contributed by atoms with E-state index in [0.717, 1.165) is 81.8 Å². The zero-order chi connectivity index (χ0) is 31.3. The summed E-state index contributed by atoms with van der Waals surface area (Å²) in [6.07, 6.45) is 11.2. The number of carboxylic acids is 1. The van der Waals surface area contributed by atoms with Gasteiger partial charge in [0, 0.05) is 22.8 Å². The van der Waals surface area contributed by atoms with Crippen molar-refractivity contribution in [2.75, 3.05) is 0 Å². The third-order valence-electron chi connectivity index (χ3n) is 15.0. The summed E-state index contributed by atoms with van der Waals surface area (Å²) in [5, 5.41) is 10.7. The highest BCUT2D eigenvalue weighted by atomic mass is 16.5. The zero-order valence-corrected chi connectivity index (χ0v) is 27.9. The van der Waals surface area contributed by atoms with Gasteiger partial charge < -0.3 is 20.4 Å². The van der Waals surface area contributed by atoms with Crippen molar-refractivity contribution < 1.29 is 19.4 Å². The fourth-order valence-corrected chi connectivity index (χ4v) is 12.7. The average Bonchev–Trinajstić information content (AvgIpc) is 3.30. The molecular formula is C37H59NO4. The molecule has 42 heavy (non-hydrogen) atoms. The molecule has 0 aromatic carbocycles. The number of hydrogen-bond donors (Lipinski definition) is 2. The molecule has 236 valence electrons. The first kappa shape index (κ1) is 31.8. The molecule has 0 spiro atoms. The Morgan fingerprint density at radius 2 is 1.60 bits per heavy atom. The smallest absolute Gasteiger partial charge is 0.310 e. The van der Waals surface area contributed by atoms with E-state index < -0.39 is 22.3 Å². The molecule has 0 bridgehead atoms. The van der Waals surface area contributed by atoms with E-state index >= 15 is 0 Å². The van der Waals surface area contributed by atoms with E-state index in [-0.39, 0.29) is 39.6 Å². The van der Waals surface area contributed by atoms with Gasteiger partial charge in [0.25, 0.3) is 0 Å². The van der Waals surface area contributed by atoms with Crippen LogP contribution in [-0.2, 0) is 14.3 Å². The van der Waals surface area contributed by atoms with Crippen LogP contribution in [0.1, 0.15) is 126 Å². The van der Waals surface area contributed by atoms with Crippen LogP contribution in [0, 0.1) is 56.2 Å². The highest BCUT2D eigenvalue weighted by Gasteiger charge is 2.76. The molecule has 5 heteroatoms. The van der Waals surface area contributed by atoms with E-state index in [2.05, 4.69) is 54.7 Å². The monoisotopic (exact) mass is 581 g/mol. The summed E-state index contributed by atoms with van der Waals surface area (Å²) < 4.78 is 6.60. The van der Waals surface area contributed by atoms with Crippen molar-refractivity contribution in [3.8, 4) is 0 Å². The van der Waals surface area contributed by atoms with Crippen LogP contribution in [-0.4, -0.2) is 29.0 Å². The molecule has 0 aromatic heterocycles. The van der Waals surface area contributed by atoms with Gasteiger partial charge in [0.15, 0.2) is 0 Å². The van der Waals surface area contributed by atoms with Crippen molar-refractivity contribution in [3.05, 3.63) is 24.5 Å². The van der Waals surface area contributed by atoms with Crippen molar-refractivity contribution >= 4 is 12.3 Å². The number of fused-ring (bicyclic) bond motifs is 7. The minimum atomic E-state index is -0.722. The number of ether oxygens (including phenoxy) is 1. The van der Waals surface area contributed by atoms with E-state index in [1.165, 1.54) is 0 Å². The van der Waals surface area contributed by atoms with Crippen LogP contribution >= 0.6 is 0 Å². The van der Waals surface area contributed by atoms with Crippen LogP contribution in [0.2, 0.25) is 0 Å². The predicted octanol–water partition coefficient (Wildman–Crippen LogP) is 8.32. The molecule has 0 saturated heterocycles. The minimum absolute atomic E-state index is 0.0255. The maximum Gasteiger partial charge on any atom is 0.310 e. The lowest BCUT2D eigenvalue weighted by Gasteiger charge is -2.75. The lowest BCUT2D eigenvalue weighted by molar-refractivity contribution is -0.255. The van der Waals surface area contributed by atoms with E-state index in [1.54, 1.807) is 0 Å². The molecule has 0 aliphatic heterocycles. The second-order valence-electron chi connectivity index (χ2n) is 17.7. The highest BCUT2D eigenvalue weighted by molar-refractivity contribution is 5.76. The Morgan fingerprint density at radius 3 is 2.19 bits per heavy atom. The lowest BCUT2D eigenvalue weighted by atomic mass is 9.30. The molecule has 5 fully saturated rings. The van der Waals surface area contributed by atoms with Gasteiger partial charge in [0.05, 0.1) is 11.2 Å². The summed E-state index contributed by atoms with van der Waals surface area (Å²) in [5.41, 5.74) is 7.22. The first-order chi connectivity index (χ1) is 19.3. The number of hydrogen-bond acceptors (Lipinski definition) is 4. The second-order valence-corrected chi connectivity index (χ2v) is 17.7. The summed E-state index contributed by atoms with van der Waals surface area (Å²) in [4.78, 5) is 24.5. The van der Waals surface area contributed by atoms with Crippen LogP contribution in [0.25, 0.3) is 0 Å². The van der Waals surface area contributed by atoms with Crippen molar-refractivity contribution in [2.24, 2.45) is 61.9 Å². The lowest BCUT2D eigenvalue weighted by Crippen LogP contribution is -2.77. The summed E-state index contributed by atoms with van der Waals surface area (Å²) in [5.74, 6) is 1.26. The Kier molecular flexibility index (Phi) is 7.33. The first-order valence-electron chi connectivity index (χ1n) is 16.7. The Labute approximate surface area is 255 Å². The topological polar surface area (TPSA) is 89.6 Å². The molecule has 0 radical (unpaired) electrons. The molecule has 5 rings (SSSR count). The molecule has 5 aliphatic rings. The molecule has 0 heterocycles. The number of carboxylic acid groups (broad SMARTS) is 1. The molecule has 5 saturated carbocycles. The molecule has 10 atom stereocenters. The van der Waals surface area contributed by atoms with Crippen LogP contribution in [0.5, 0.6) is 0 Å². The fourth-order valence-electron chi connectivity index (χ4n) is 12.7. The molecule has 0 aromatic rings. The molecule has 0 amide bonds. The minimum Gasteiger partial charge on any atom is -0.495 e. The third kappa shape index (κ3) is 4.03. The Hall–Kier alpha value is -1.62. The maximum absolute atomic E-state index is 13.0. The van der Waals surface area contributed by atoms with E-state index in [9.17, 15) is 14.7 Å². The number of allylic oxidation sites excluding steroid dienone is 2. The summed E-state index contributed by atoms with van der Waals surface area (Å²) in [6, 6.07) is 0. The average molecular weight is 582 g/mol. The van der Waals surface area contributed by atoms with Crippen LogP contribution < -0.4 is 5.73 Å². The molecule has 5 nitrogen and oxygen atoms in total. The Balaban J connectivity index is 1.47. The van der Waals surface area contributed by atoms with E-state index in [4.69, 9.17) is 10.5 Å². The van der Waals surface area contributed by atoms with E-state index in [1.807, 2.05) is 13.8 Å². The number of carbonyl (C=O) groups is 2. The van der Waals surface area contributed by atoms with Gasteiger partial charge in [0.1, 0.15) is 12.4 Å². The molecular weight excluding hydrogens is 522 g/mol. The van der Waals surface area contributed by atoms with Crippen molar-refractivity contribution in [3.63, 3.8) is 0 Å². The quantitative estimate of drug-likeness (QED) is 0.179. The molecule has 0 unspecified atom stereocenters. The second kappa shape index (κ2) is 9.69. The van der Waals surface area contributed by atoms with Crippen molar-refractivity contribution in [2.45, 2.75) is 138 Å². The van der Waals surface area contributed by atoms with Gasteiger partial charge in [-0.3, -0.25) is 4.79 Å². The van der Waals surface area contributed by atoms with Gasteiger partial charge in [-0.05, 0) is 111 Å². The number of rotatable bonds is 7. The first-order valence-corrected chi connectivity index (χ1v) is 16.7. The maximum atomic E-state index is 13.0. The number of nitrogens with two attached hydrogens (primary N) is 1. The van der Waals surface area contributed by atoms with Crippen molar-refractivity contribution in [1.29, 1.82) is 0 Å². The highest BCUT2D eigenvalue weighted by Crippen LogP contribution is 2.78. The van der Waals surface area contributed by atoms with E-state index in [0.29, 0.717) is 18.3 Å². The Morgan fingerprint density at radius 1 is 0.952 bits per heavy atom. The van der Waals surface area contributed by atoms with Crippen LogP contribution in [0.15, 0.2) is 24.5 Å². The zero-order valence-electron chi connectivity index (χ0n) is 27.9. The van der Waals surface area contributed by atoms with Gasteiger partial charge >= 0.3 is 5.97 Å². The van der Waals surface area contributed by atoms with Crippen LogP contribution in [0.3, 0.4) is 0 Å². The van der Waals surface area contributed by atoms with Crippen molar-refractivity contribution in [1.82, 2.24) is 0 Å². The summed E-state index contributed by atoms with van der Waals surface area (Å²) in [7, 11) is 0. The van der Waals surface area contributed by atoms with Gasteiger partial charge in [-0.15, -0.1) is 0 Å². The fraction of sp³-hybridized carbons (Fsp3) is 0.838. The van der Waals surface area contributed by atoms with Gasteiger partial charge in [-0.1, -0.05) is 67.2 Å².